The van der Waals surface area contributed by atoms with Crippen LogP contribution in [0.1, 0.15) is 43.1 Å². The number of nitrogens with one attached hydrogen (secondary N) is 1. The van der Waals surface area contributed by atoms with Crippen LogP contribution in [0.15, 0.2) is 47.4 Å². The van der Waals surface area contributed by atoms with E-state index in [-0.39, 0.29) is 17.3 Å². The van der Waals surface area contributed by atoms with Crippen LogP contribution in [0.2, 0.25) is 0 Å². The first-order valence-corrected chi connectivity index (χ1v) is 11.3. The average Bonchev–Trinajstić information content (AvgIpc) is 2.74. The number of hydrogen-bond acceptors (Lipinski definition) is 5. The standard InChI is InChI=1S/C22H28N2O5S/c1-5-20(25)17-9-12-19(13-10-17)29-15-22(26)23-18-11-8-16(4)21(14-18)30(27,28)24(6-2)7-3/h8-14H,5-7,15H2,1-4H3,(H,23,26). The van der Waals surface area contributed by atoms with Crippen molar-refractivity contribution in [2.75, 3.05) is 25.0 Å². The molecule has 2 aromatic carbocycles. The van der Waals surface area contributed by atoms with E-state index >= 15 is 0 Å². The van der Waals surface area contributed by atoms with Crippen molar-refractivity contribution in [2.45, 2.75) is 39.0 Å². The van der Waals surface area contributed by atoms with Gasteiger partial charge in [-0.1, -0.05) is 26.8 Å². The van der Waals surface area contributed by atoms with Crippen LogP contribution in [-0.4, -0.2) is 44.1 Å². The van der Waals surface area contributed by atoms with Crippen molar-refractivity contribution in [3.63, 3.8) is 0 Å². The highest BCUT2D eigenvalue weighted by atomic mass is 32.2. The molecule has 0 fully saturated rings. The maximum absolute atomic E-state index is 12.8. The molecular weight excluding hydrogens is 404 g/mol. The second-order valence-electron chi connectivity index (χ2n) is 6.71. The molecule has 0 heterocycles. The summed E-state index contributed by atoms with van der Waals surface area (Å²) >= 11 is 0. The van der Waals surface area contributed by atoms with Gasteiger partial charge < -0.3 is 10.1 Å². The topological polar surface area (TPSA) is 92.8 Å². The second kappa shape index (κ2) is 10.4. The second-order valence-corrected chi connectivity index (χ2v) is 8.61. The maximum atomic E-state index is 12.8. The third kappa shape index (κ3) is 5.67. The van der Waals surface area contributed by atoms with E-state index < -0.39 is 15.9 Å². The molecule has 0 saturated carbocycles. The highest BCUT2D eigenvalue weighted by Crippen LogP contribution is 2.23. The first-order valence-electron chi connectivity index (χ1n) is 9.89. The van der Waals surface area contributed by atoms with Crippen molar-refractivity contribution in [3.05, 3.63) is 53.6 Å². The number of sulfonamides is 1. The Bertz CT molecular complexity index is 997. The summed E-state index contributed by atoms with van der Waals surface area (Å²) in [6, 6.07) is 11.4. The molecule has 1 N–H and O–H groups in total. The van der Waals surface area contributed by atoms with Crippen LogP contribution in [-0.2, 0) is 14.8 Å². The van der Waals surface area contributed by atoms with Gasteiger partial charge in [-0.05, 0) is 48.9 Å². The lowest BCUT2D eigenvalue weighted by Crippen LogP contribution is -2.31. The van der Waals surface area contributed by atoms with Crippen molar-refractivity contribution in [2.24, 2.45) is 0 Å². The summed E-state index contributed by atoms with van der Waals surface area (Å²) in [5.41, 5.74) is 1.58. The zero-order valence-electron chi connectivity index (χ0n) is 17.8. The normalized spacial score (nSPS) is 11.4. The van der Waals surface area contributed by atoms with Gasteiger partial charge >= 0.3 is 0 Å². The van der Waals surface area contributed by atoms with Crippen LogP contribution in [0.4, 0.5) is 5.69 Å². The van der Waals surface area contributed by atoms with Gasteiger partial charge in [0.25, 0.3) is 5.91 Å². The van der Waals surface area contributed by atoms with Crippen molar-refractivity contribution < 1.29 is 22.7 Å². The van der Waals surface area contributed by atoms with Gasteiger partial charge in [-0.3, -0.25) is 9.59 Å². The molecule has 0 bridgehead atoms. The fourth-order valence-corrected chi connectivity index (χ4v) is 4.65. The Balaban J connectivity index is 2.06. The minimum absolute atomic E-state index is 0.0362. The largest absolute Gasteiger partial charge is 0.484 e. The number of hydrogen-bond donors (Lipinski definition) is 1. The zero-order valence-corrected chi connectivity index (χ0v) is 18.6. The van der Waals surface area contributed by atoms with Gasteiger partial charge in [-0.2, -0.15) is 4.31 Å². The van der Waals surface area contributed by atoms with Crippen LogP contribution in [0.25, 0.3) is 0 Å². The highest BCUT2D eigenvalue weighted by Gasteiger charge is 2.24. The predicted molar refractivity (Wildman–Crippen MR) is 116 cm³/mol. The summed E-state index contributed by atoms with van der Waals surface area (Å²) in [6.45, 7) is 7.57. The quantitative estimate of drug-likeness (QED) is 0.579. The van der Waals surface area contributed by atoms with E-state index in [9.17, 15) is 18.0 Å². The Morgan fingerprint density at radius 3 is 2.20 bits per heavy atom. The van der Waals surface area contributed by atoms with Gasteiger partial charge in [-0.25, -0.2) is 8.42 Å². The number of anilines is 1. The number of carbonyl (C=O) groups is 2. The van der Waals surface area contributed by atoms with Crippen molar-refractivity contribution in [1.82, 2.24) is 4.31 Å². The molecule has 0 aliphatic rings. The predicted octanol–water partition coefficient (Wildman–Crippen LogP) is 3.64. The summed E-state index contributed by atoms with van der Waals surface area (Å²) in [7, 11) is -3.64. The number of amides is 1. The number of Topliss-reactive ketones (excluding diaryl/α,β-unsaturated/α-hetero) is 1. The molecule has 0 aliphatic carbocycles. The van der Waals surface area contributed by atoms with Crippen molar-refractivity contribution in [1.29, 1.82) is 0 Å². The van der Waals surface area contributed by atoms with E-state index in [1.165, 1.54) is 10.4 Å². The molecule has 2 aromatic rings. The van der Waals surface area contributed by atoms with Gasteiger partial charge in [0.1, 0.15) is 5.75 Å². The number of nitrogens with zero attached hydrogens (tertiary/aromatic N) is 1. The fourth-order valence-electron chi connectivity index (χ4n) is 2.95. The Labute approximate surface area is 178 Å². The molecular formula is C22H28N2O5S. The van der Waals surface area contributed by atoms with Crippen LogP contribution < -0.4 is 10.1 Å². The molecule has 7 nitrogen and oxygen atoms in total. The molecule has 30 heavy (non-hydrogen) atoms. The molecule has 0 atom stereocenters. The summed E-state index contributed by atoms with van der Waals surface area (Å²) in [5, 5.41) is 2.66. The Hall–Kier alpha value is -2.71. The first kappa shape index (κ1) is 23.6. The summed E-state index contributed by atoms with van der Waals surface area (Å²) in [4.78, 5) is 24.1. The molecule has 1 amide bonds. The molecule has 0 spiro atoms. The first-order chi connectivity index (χ1) is 14.2. The lowest BCUT2D eigenvalue weighted by molar-refractivity contribution is -0.118. The molecule has 0 saturated heterocycles. The van der Waals surface area contributed by atoms with E-state index in [4.69, 9.17) is 4.74 Å². The Morgan fingerprint density at radius 2 is 1.63 bits per heavy atom. The third-order valence-electron chi connectivity index (χ3n) is 4.66. The van der Waals surface area contributed by atoms with Crippen molar-refractivity contribution in [3.8, 4) is 5.75 Å². The Kier molecular flexibility index (Phi) is 8.14. The number of ketones is 1. The molecule has 162 valence electrons. The smallest absolute Gasteiger partial charge is 0.262 e. The molecule has 0 aliphatic heterocycles. The van der Waals surface area contributed by atoms with Crippen LogP contribution in [0.3, 0.4) is 0 Å². The molecule has 0 unspecified atom stereocenters. The van der Waals surface area contributed by atoms with Gasteiger partial charge in [0.15, 0.2) is 12.4 Å². The van der Waals surface area contributed by atoms with Crippen LogP contribution in [0.5, 0.6) is 5.75 Å². The van der Waals surface area contributed by atoms with Gasteiger partial charge in [0, 0.05) is 30.8 Å². The SMILES string of the molecule is CCC(=O)c1ccc(OCC(=O)Nc2ccc(C)c(S(=O)(=O)N(CC)CC)c2)cc1. The Morgan fingerprint density at radius 1 is 1.00 bits per heavy atom. The number of ether oxygens (including phenoxy) is 1. The molecule has 8 heteroatoms. The van der Waals surface area contributed by atoms with E-state index in [1.54, 1.807) is 64.1 Å². The van der Waals surface area contributed by atoms with E-state index in [0.717, 1.165) is 0 Å². The summed E-state index contributed by atoms with van der Waals surface area (Å²) in [6.07, 6.45) is 0.422. The van der Waals surface area contributed by atoms with Crippen LogP contribution in [0, 0.1) is 6.92 Å². The average molecular weight is 433 g/mol. The molecule has 2 rings (SSSR count). The third-order valence-corrected chi connectivity index (χ3v) is 6.85. The summed E-state index contributed by atoms with van der Waals surface area (Å²) in [5.74, 6) is 0.0828. The lowest BCUT2D eigenvalue weighted by Gasteiger charge is -2.20. The van der Waals surface area contributed by atoms with Gasteiger partial charge in [-0.15, -0.1) is 0 Å². The van der Waals surface area contributed by atoms with Crippen LogP contribution >= 0.6 is 0 Å². The number of benzene rings is 2. The van der Waals surface area contributed by atoms with E-state index in [2.05, 4.69) is 5.32 Å². The number of carbonyl (C=O) groups excluding carboxylic acids is 2. The van der Waals surface area contributed by atoms with Crippen molar-refractivity contribution >= 4 is 27.4 Å². The zero-order chi connectivity index (χ0) is 22.3. The van der Waals surface area contributed by atoms with E-state index in [1.807, 2.05) is 0 Å². The summed E-state index contributed by atoms with van der Waals surface area (Å²) < 4.78 is 32.5. The highest BCUT2D eigenvalue weighted by molar-refractivity contribution is 7.89. The monoisotopic (exact) mass is 432 g/mol. The van der Waals surface area contributed by atoms with Gasteiger partial charge in [0.2, 0.25) is 10.0 Å². The van der Waals surface area contributed by atoms with E-state index in [0.29, 0.717) is 42.1 Å². The number of rotatable bonds is 10. The maximum Gasteiger partial charge on any atom is 0.262 e. The lowest BCUT2D eigenvalue weighted by atomic mass is 10.1. The molecule has 0 aromatic heterocycles. The van der Waals surface area contributed by atoms with Gasteiger partial charge in [0.05, 0.1) is 4.90 Å². The fraction of sp³-hybridized carbons (Fsp3) is 0.364. The molecule has 0 radical (unpaired) electrons. The minimum atomic E-state index is -3.64. The minimum Gasteiger partial charge on any atom is -0.484 e. The number of aryl methyl sites for hydroxylation is 1.